The van der Waals surface area contributed by atoms with Gasteiger partial charge in [-0.2, -0.15) is 0 Å². The maximum atomic E-state index is 13.1. The Balaban J connectivity index is 1.41. The molecule has 36 heavy (non-hydrogen) atoms. The Kier molecular flexibility index (Phi) is 7.44. The number of amides is 3. The van der Waals surface area contributed by atoms with Crippen LogP contribution in [0.2, 0.25) is 0 Å². The topological polar surface area (TPSA) is 87.5 Å². The molecule has 0 saturated heterocycles. The van der Waals surface area contributed by atoms with E-state index in [4.69, 9.17) is 0 Å². The fourth-order valence-electron chi connectivity index (χ4n) is 3.92. The van der Waals surface area contributed by atoms with Gasteiger partial charge in [0, 0.05) is 39.8 Å². The van der Waals surface area contributed by atoms with Crippen molar-refractivity contribution in [1.29, 1.82) is 0 Å². The zero-order valence-corrected chi connectivity index (χ0v) is 20.6. The minimum absolute atomic E-state index is 0.0769. The number of aromatic nitrogens is 2. The average Bonchev–Trinajstić information content (AvgIpc) is 3.26. The standard InChI is InChI=1S/C28H29N5O3/c1-31(2)28(36)22-15-13-21(14-16-22)18-32(3)25(34)17-29-27(35)26-30-23-11-7-8-12-24(23)33(26)19-20-9-5-4-6-10-20/h4-16H,17-19H2,1-3H3,(H,29,35). The van der Waals surface area contributed by atoms with Gasteiger partial charge in [0.1, 0.15) is 0 Å². The van der Waals surface area contributed by atoms with Gasteiger partial charge in [0.25, 0.3) is 11.8 Å². The third-order valence-electron chi connectivity index (χ3n) is 5.89. The second-order valence-electron chi connectivity index (χ2n) is 8.82. The van der Waals surface area contributed by atoms with Gasteiger partial charge in [0.05, 0.1) is 17.6 Å². The Hall–Kier alpha value is -4.46. The van der Waals surface area contributed by atoms with E-state index in [1.54, 1.807) is 33.3 Å². The van der Waals surface area contributed by atoms with Gasteiger partial charge in [0.15, 0.2) is 5.82 Å². The van der Waals surface area contributed by atoms with Crippen LogP contribution in [0, 0.1) is 0 Å². The molecule has 1 N–H and O–H groups in total. The van der Waals surface area contributed by atoms with Crippen molar-refractivity contribution >= 4 is 28.8 Å². The molecule has 0 fully saturated rings. The summed E-state index contributed by atoms with van der Waals surface area (Å²) in [6.45, 7) is 0.697. The van der Waals surface area contributed by atoms with E-state index in [1.165, 1.54) is 9.80 Å². The molecule has 0 aliphatic heterocycles. The molecule has 3 amide bonds. The molecule has 0 saturated carbocycles. The van der Waals surface area contributed by atoms with Crippen molar-refractivity contribution in [3.63, 3.8) is 0 Å². The number of imidazole rings is 1. The second kappa shape index (κ2) is 10.9. The highest BCUT2D eigenvalue weighted by Crippen LogP contribution is 2.18. The number of benzene rings is 3. The Labute approximate surface area is 210 Å². The molecule has 0 spiro atoms. The predicted octanol–water partition coefficient (Wildman–Crippen LogP) is 3.17. The van der Waals surface area contributed by atoms with Crippen LogP contribution < -0.4 is 5.32 Å². The van der Waals surface area contributed by atoms with Gasteiger partial charge in [-0.05, 0) is 35.4 Å². The third-order valence-corrected chi connectivity index (χ3v) is 5.89. The third kappa shape index (κ3) is 5.60. The number of para-hydroxylation sites is 2. The summed E-state index contributed by atoms with van der Waals surface area (Å²) < 4.78 is 1.87. The minimum atomic E-state index is -0.407. The van der Waals surface area contributed by atoms with E-state index in [0.717, 1.165) is 22.2 Å². The highest BCUT2D eigenvalue weighted by Gasteiger charge is 2.19. The molecular weight excluding hydrogens is 454 g/mol. The van der Waals surface area contributed by atoms with Crippen molar-refractivity contribution < 1.29 is 14.4 Å². The van der Waals surface area contributed by atoms with Crippen LogP contribution in [-0.2, 0) is 17.9 Å². The largest absolute Gasteiger partial charge is 0.345 e. The van der Waals surface area contributed by atoms with E-state index < -0.39 is 5.91 Å². The second-order valence-corrected chi connectivity index (χ2v) is 8.82. The molecule has 4 rings (SSSR count). The lowest BCUT2D eigenvalue weighted by Gasteiger charge is -2.18. The molecule has 0 aliphatic carbocycles. The number of nitrogens with one attached hydrogen (secondary N) is 1. The molecule has 8 heteroatoms. The van der Waals surface area contributed by atoms with Crippen molar-refractivity contribution in [1.82, 2.24) is 24.7 Å². The molecule has 0 aliphatic rings. The van der Waals surface area contributed by atoms with Crippen molar-refractivity contribution in [2.24, 2.45) is 0 Å². The molecule has 3 aromatic carbocycles. The van der Waals surface area contributed by atoms with Crippen LogP contribution in [0.5, 0.6) is 0 Å². The Morgan fingerprint density at radius 2 is 1.50 bits per heavy atom. The van der Waals surface area contributed by atoms with E-state index in [1.807, 2.05) is 71.3 Å². The van der Waals surface area contributed by atoms with Crippen LogP contribution in [0.4, 0.5) is 0 Å². The summed E-state index contributed by atoms with van der Waals surface area (Å²) in [5.41, 5.74) is 4.09. The summed E-state index contributed by atoms with van der Waals surface area (Å²) in [6, 6.07) is 24.6. The van der Waals surface area contributed by atoms with Gasteiger partial charge in [0.2, 0.25) is 5.91 Å². The van der Waals surface area contributed by atoms with E-state index in [0.29, 0.717) is 18.7 Å². The molecule has 184 valence electrons. The molecule has 0 atom stereocenters. The molecule has 0 bridgehead atoms. The number of rotatable bonds is 8. The van der Waals surface area contributed by atoms with Gasteiger partial charge in [-0.1, -0.05) is 54.6 Å². The summed E-state index contributed by atoms with van der Waals surface area (Å²) in [5, 5.41) is 2.73. The maximum Gasteiger partial charge on any atom is 0.287 e. The van der Waals surface area contributed by atoms with E-state index in [-0.39, 0.29) is 24.2 Å². The highest BCUT2D eigenvalue weighted by atomic mass is 16.2. The molecule has 8 nitrogen and oxygen atoms in total. The Morgan fingerprint density at radius 3 is 2.19 bits per heavy atom. The van der Waals surface area contributed by atoms with Gasteiger partial charge in [-0.25, -0.2) is 4.98 Å². The van der Waals surface area contributed by atoms with E-state index >= 15 is 0 Å². The number of carbonyl (C=O) groups is 3. The summed E-state index contributed by atoms with van der Waals surface area (Å²) >= 11 is 0. The molecule has 0 radical (unpaired) electrons. The average molecular weight is 484 g/mol. The van der Waals surface area contributed by atoms with E-state index in [2.05, 4.69) is 10.3 Å². The number of fused-ring (bicyclic) bond motifs is 1. The van der Waals surface area contributed by atoms with Crippen molar-refractivity contribution in [2.45, 2.75) is 13.1 Å². The lowest BCUT2D eigenvalue weighted by molar-refractivity contribution is -0.129. The number of hydrogen-bond acceptors (Lipinski definition) is 4. The van der Waals surface area contributed by atoms with Crippen molar-refractivity contribution in [2.75, 3.05) is 27.7 Å². The zero-order chi connectivity index (χ0) is 25.7. The summed E-state index contributed by atoms with van der Waals surface area (Å²) in [5.74, 6) is -0.457. The first kappa shape index (κ1) is 24.7. The van der Waals surface area contributed by atoms with Crippen LogP contribution in [0.3, 0.4) is 0 Å². The first-order valence-electron chi connectivity index (χ1n) is 11.7. The molecule has 0 unspecified atom stereocenters. The normalized spacial score (nSPS) is 10.8. The Bertz CT molecular complexity index is 1380. The number of carbonyl (C=O) groups excluding carboxylic acids is 3. The highest BCUT2D eigenvalue weighted by molar-refractivity contribution is 5.97. The monoisotopic (exact) mass is 483 g/mol. The fourth-order valence-corrected chi connectivity index (χ4v) is 3.92. The fraction of sp³-hybridized carbons (Fsp3) is 0.214. The Morgan fingerprint density at radius 1 is 0.833 bits per heavy atom. The van der Waals surface area contributed by atoms with Gasteiger partial charge >= 0.3 is 0 Å². The van der Waals surface area contributed by atoms with Crippen LogP contribution in [0.25, 0.3) is 11.0 Å². The van der Waals surface area contributed by atoms with Gasteiger partial charge in [-0.3, -0.25) is 14.4 Å². The van der Waals surface area contributed by atoms with Gasteiger partial charge in [-0.15, -0.1) is 0 Å². The SMILES string of the molecule is CN(C)C(=O)c1ccc(CN(C)C(=O)CNC(=O)c2nc3ccccc3n2Cc2ccccc2)cc1. The number of nitrogens with zero attached hydrogens (tertiary/aromatic N) is 4. The zero-order valence-electron chi connectivity index (χ0n) is 20.6. The minimum Gasteiger partial charge on any atom is -0.345 e. The maximum absolute atomic E-state index is 13.1. The quantitative estimate of drug-likeness (QED) is 0.417. The number of likely N-dealkylation sites (N-methyl/N-ethyl adjacent to an activating group) is 1. The van der Waals surface area contributed by atoms with Crippen LogP contribution in [-0.4, -0.2) is 64.8 Å². The van der Waals surface area contributed by atoms with E-state index in [9.17, 15) is 14.4 Å². The number of hydrogen-bond donors (Lipinski definition) is 1. The lowest BCUT2D eigenvalue weighted by atomic mass is 10.1. The predicted molar refractivity (Wildman–Crippen MR) is 139 cm³/mol. The molecule has 4 aromatic rings. The van der Waals surface area contributed by atoms with Crippen molar-refractivity contribution in [3.05, 3.63) is 101 Å². The van der Waals surface area contributed by atoms with Gasteiger partial charge < -0.3 is 19.7 Å². The summed E-state index contributed by atoms with van der Waals surface area (Å²) in [4.78, 5) is 45.4. The van der Waals surface area contributed by atoms with Crippen LogP contribution in [0.1, 0.15) is 32.1 Å². The van der Waals surface area contributed by atoms with Crippen molar-refractivity contribution in [3.8, 4) is 0 Å². The molecule has 1 aromatic heterocycles. The first-order valence-corrected chi connectivity index (χ1v) is 11.7. The lowest BCUT2D eigenvalue weighted by Crippen LogP contribution is -2.38. The van der Waals surface area contributed by atoms with Crippen LogP contribution in [0.15, 0.2) is 78.9 Å². The summed E-state index contributed by atoms with van der Waals surface area (Å²) in [7, 11) is 5.08. The first-order chi connectivity index (χ1) is 17.3. The summed E-state index contributed by atoms with van der Waals surface area (Å²) in [6.07, 6.45) is 0. The molecule has 1 heterocycles. The molecular formula is C28H29N5O3. The van der Waals surface area contributed by atoms with Crippen LogP contribution >= 0.6 is 0 Å². The smallest absolute Gasteiger partial charge is 0.287 e.